The summed E-state index contributed by atoms with van der Waals surface area (Å²) in [7, 11) is 0. The summed E-state index contributed by atoms with van der Waals surface area (Å²) in [6.45, 7) is 1.67. The standard InChI is InChI=1S/C18H13ClFN3O3/c1-9(10-2-5-12(20)6-3-10)23-17(24)15(26-18(23)25)16-21-13-7-4-11(19)8-14(13)22-16/h2-9,15H,1H3,(H,21,22). The summed E-state index contributed by atoms with van der Waals surface area (Å²) in [6, 6.07) is 10.1. The van der Waals surface area contributed by atoms with E-state index in [0.29, 0.717) is 21.6 Å². The molecule has 4 rings (SSSR count). The van der Waals surface area contributed by atoms with E-state index < -0.39 is 30.0 Å². The van der Waals surface area contributed by atoms with Gasteiger partial charge in [0.25, 0.3) is 5.91 Å². The van der Waals surface area contributed by atoms with E-state index in [0.717, 1.165) is 4.90 Å². The van der Waals surface area contributed by atoms with Crippen molar-refractivity contribution >= 4 is 34.6 Å². The van der Waals surface area contributed by atoms with Crippen molar-refractivity contribution in [3.05, 3.63) is 64.7 Å². The first kappa shape index (κ1) is 16.5. The van der Waals surface area contributed by atoms with Crippen LogP contribution < -0.4 is 0 Å². The molecule has 2 unspecified atom stereocenters. The first-order valence-corrected chi connectivity index (χ1v) is 8.26. The first-order valence-electron chi connectivity index (χ1n) is 7.88. The summed E-state index contributed by atoms with van der Waals surface area (Å²) in [4.78, 5) is 33.3. The molecule has 1 N–H and O–H groups in total. The van der Waals surface area contributed by atoms with E-state index in [1.54, 1.807) is 25.1 Å². The summed E-state index contributed by atoms with van der Waals surface area (Å²) >= 11 is 5.95. The molecule has 3 aromatic rings. The number of imidazole rings is 1. The summed E-state index contributed by atoms with van der Waals surface area (Å²) in [6.07, 6.45) is -1.92. The number of rotatable bonds is 3. The van der Waals surface area contributed by atoms with E-state index >= 15 is 0 Å². The number of fused-ring (bicyclic) bond motifs is 1. The Hall–Kier alpha value is -2.93. The van der Waals surface area contributed by atoms with Crippen molar-refractivity contribution in [1.29, 1.82) is 0 Å². The third-order valence-electron chi connectivity index (χ3n) is 4.33. The molecule has 1 fully saturated rings. The average molecular weight is 374 g/mol. The van der Waals surface area contributed by atoms with E-state index in [1.807, 2.05) is 0 Å². The Morgan fingerprint density at radius 2 is 1.96 bits per heavy atom. The van der Waals surface area contributed by atoms with Gasteiger partial charge in [-0.2, -0.15) is 0 Å². The van der Waals surface area contributed by atoms with Crippen LogP contribution in [0.2, 0.25) is 5.02 Å². The number of halogens is 2. The average Bonchev–Trinajstić information content (AvgIpc) is 3.15. The number of nitrogens with zero attached hydrogens (tertiary/aromatic N) is 2. The molecule has 6 nitrogen and oxygen atoms in total. The maximum absolute atomic E-state index is 13.1. The number of carbonyl (C=O) groups is 2. The van der Waals surface area contributed by atoms with Gasteiger partial charge in [0.05, 0.1) is 17.1 Å². The number of amides is 2. The quantitative estimate of drug-likeness (QED) is 0.748. The van der Waals surface area contributed by atoms with Gasteiger partial charge in [-0.3, -0.25) is 4.79 Å². The highest BCUT2D eigenvalue weighted by molar-refractivity contribution is 6.31. The van der Waals surface area contributed by atoms with E-state index in [2.05, 4.69) is 9.97 Å². The minimum Gasteiger partial charge on any atom is -0.427 e. The van der Waals surface area contributed by atoms with Crippen LogP contribution in [0.4, 0.5) is 9.18 Å². The Kier molecular flexibility index (Phi) is 3.88. The predicted molar refractivity (Wildman–Crippen MR) is 92.0 cm³/mol. The summed E-state index contributed by atoms with van der Waals surface area (Å²) < 4.78 is 18.3. The number of H-pyrrole nitrogens is 1. The second-order valence-electron chi connectivity index (χ2n) is 5.98. The van der Waals surface area contributed by atoms with Gasteiger partial charge >= 0.3 is 6.09 Å². The number of benzene rings is 2. The topological polar surface area (TPSA) is 75.3 Å². The largest absolute Gasteiger partial charge is 0.427 e. The lowest BCUT2D eigenvalue weighted by atomic mass is 10.1. The first-order chi connectivity index (χ1) is 12.4. The molecule has 0 bridgehead atoms. The second-order valence-corrected chi connectivity index (χ2v) is 6.42. The maximum Gasteiger partial charge on any atom is 0.418 e. The Balaban J connectivity index is 1.64. The summed E-state index contributed by atoms with van der Waals surface area (Å²) in [5, 5.41) is 0.522. The molecule has 1 saturated heterocycles. The molecule has 1 aliphatic rings. The van der Waals surface area contributed by atoms with Crippen molar-refractivity contribution in [3.63, 3.8) is 0 Å². The molecular formula is C18H13ClFN3O3. The van der Waals surface area contributed by atoms with Gasteiger partial charge in [-0.15, -0.1) is 0 Å². The number of aromatic nitrogens is 2. The van der Waals surface area contributed by atoms with Gasteiger partial charge < -0.3 is 9.72 Å². The van der Waals surface area contributed by atoms with Gasteiger partial charge in [-0.1, -0.05) is 23.7 Å². The zero-order valence-electron chi connectivity index (χ0n) is 13.6. The van der Waals surface area contributed by atoms with E-state index in [1.165, 1.54) is 24.3 Å². The summed E-state index contributed by atoms with van der Waals surface area (Å²) in [5.74, 6) is -0.693. The van der Waals surface area contributed by atoms with Gasteiger partial charge in [0.2, 0.25) is 6.10 Å². The molecule has 1 aliphatic heterocycles. The minimum atomic E-state index is -1.16. The van der Waals surface area contributed by atoms with Crippen LogP contribution in [0, 0.1) is 5.82 Å². The van der Waals surface area contributed by atoms with Crippen molar-refractivity contribution in [3.8, 4) is 0 Å². The van der Waals surface area contributed by atoms with Crippen LogP contribution in [0.3, 0.4) is 0 Å². The highest BCUT2D eigenvalue weighted by Gasteiger charge is 2.45. The van der Waals surface area contributed by atoms with Crippen LogP contribution in [0.1, 0.15) is 30.5 Å². The lowest BCUT2D eigenvalue weighted by molar-refractivity contribution is -0.131. The lowest BCUT2D eigenvalue weighted by Gasteiger charge is -2.20. The van der Waals surface area contributed by atoms with Crippen LogP contribution in [-0.2, 0) is 9.53 Å². The fourth-order valence-electron chi connectivity index (χ4n) is 2.96. The van der Waals surface area contributed by atoms with Crippen LogP contribution in [-0.4, -0.2) is 26.9 Å². The number of aromatic amines is 1. The summed E-state index contributed by atoms with van der Waals surface area (Å²) in [5.41, 5.74) is 1.87. The number of hydrogen-bond acceptors (Lipinski definition) is 4. The van der Waals surface area contributed by atoms with Gasteiger partial charge in [0.15, 0.2) is 5.82 Å². The Labute approximate surface area is 152 Å². The molecule has 26 heavy (non-hydrogen) atoms. The third kappa shape index (κ3) is 2.70. The zero-order valence-corrected chi connectivity index (χ0v) is 14.3. The minimum absolute atomic E-state index is 0.231. The van der Waals surface area contributed by atoms with Crippen molar-refractivity contribution in [2.24, 2.45) is 0 Å². The van der Waals surface area contributed by atoms with Crippen LogP contribution >= 0.6 is 11.6 Å². The van der Waals surface area contributed by atoms with Gasteiger partial charge in [0.1, 0.15) is 5.82 Å². The normalized spacial score (nSPS) is 18.4. The fourth-order valence-corrected chi connectivity index (χ4v) is 3.13. The van der Waals surface area contributed by atoms with Gasteiger partial charge in [-0.05, 0) is 42.8 Å². The Morgan fingerprint density at radius 3 is 2.69 bits per heavy atom. The van der Waals surface area contributed by atoms with E-state index in [4.69, 9.17) is 16.3 Å². The molecule has 8 heteroatoms. The molecule has 0 radical (unpaired) electrons. The molecule has 0 saturated carbocycles. The highest BCUT2D eigenvalue weighted by atomic mass is 35.5. The van der Waals surface area contributed by atoms with Crippen molar-refractivity contribution in [2.45, 2.75) is 19.1 Å². The zero-order chi connectivity index (χ0) is 18.4. The van der Waals surface area contributed by atoms with Crippen molar-refractivity contribution in [2.75, 3.05) is 0 Å². The monoisotopic (exact) mass is 373 g/mol. The number of ether oxygens (including phenoxy) is 1. The SMILES string of the molecule is CC(c1ccc(F)cc1)N1C(=O)OC(c2nc3ccc(Cl)cc3[nH]2)C1=O. The van der Waals surface area contributed by atoms with Crippen LogP contribution in [0.5, 0.6) is 0 Å². The van der Waals surface area contributed by atoms with E-state index in [9.17, 15) is 14.0 Å². The number of carbonyl (C=O) groups excluding carboxylic acids is 2. The van der Waals surface area contributed by atoms with Crippen molar-refractivity contribution in [1.82, 2.24) is 14.9 Å². The molecule has 2 aromatic carbocycles. The van der Waals surface area contributed by atoms with E-state index in [-0.39, 0.29) is 5.82 Å². The number of hydrogen-bond donors (Lipinski definition) is 1. The molecular weight excluding hydrogens is 361 g/mol. The molecule has 0 spiro atoms. The van der Waals surface area contributed by atoms with Crippen LogP contribution in [0.25, 0.3) is 11.0 Å². The predicted octanol–water partition coefficient (Wildman–Crippen LogP) is 4.14. The maximum atomic E-state index is 13.1. The fraction of sp³-hybridized carbons (Fsp3) is 0.167. The molecule has 132 valence electrons. The van der Waals surface area contributed by atoms with Gasteiger partial charge in [-0.25, -0.2) is 19.1 Å². The van der Waals surface area contributed by atoms with Gasteiger partial charge in [0, 0.05) is 5.02 Å². The molecule has 0 aliphatic carbocycles. The Bertz CT molecular complexity index is 1020. The number of imide groups is 1. The molecule has 2 atom stereocenters. The highest BCUT2D eigenvalue weighted by Crippen LogP contribution is 2.33. The smallest absolute Gasteiger partial charge is 0.418 e. The lowest BCUT2D eigenvalue weighted by Crippen LogP contribution is -2.32. The molecule has 2 amide bonds. The second kappa shape index (κ2) is 6.10. The van der Waals surface area contributed by atoms with Crippen molar-refractivity contribution < 1.29 is 18.7 Å². The Morgan fingerprint density at radius 1 is 1.23 bits per heavy atom. The third-order valence-corrected chi connectivity index (χ3v) is 4.56. The molecule has 2 heterocycles. The molecule has 1 aromatic heterocycles. The van der Waals surface area contributed by atoms with Crippen LogP contribution in [0.15, 0.2) is 42.5 Å². The number of nitrogens with one attached hydrogen (secondary N) is 1. The number of cyclic esters (lactones) is 1.